The van der Waals surface area contributed by atoms with Crippen LogP contribution in [0.5, 0.6) is 5.88 Å². The highest BCUT2D eigenvalue weighted by Gasteiger charge is 2.27. The lowest BCUT2D eigenvalue weighted by molar-refractivity contribution is -0.134. The molecular weight excluding hydrogens is 314 g/mol. The van der Waals surface area contributed by atoms with Crippen molar-refractivity contribution in [3.8, 4) is 5.88 Å². The maximum atomic E-state index is 12.1. The van der Waals surface area contributed by atoms with Crippen LogP contribution in [0.4, 0.5) is 5.69 Å². The summed E-state index contributed by atoms with van der Waals surface area (Å²) in [5.41, 5.74) is -0.266. The van der Waals surface area contributed by atoms with Crippen LogP contribution in [0.25, 0.3) is 11.6 Å². The third-order valence-electron chi connectivity index (χ3n) is 3.40. The number of carbonyl (C=O) groups is 1. The van der Waals surface area contributed by atoms with Gasteiger partial charge in [0.2, 0.25) is 5.88 Å². The quantitative estimate of drug-likeness (QED) is 0.724. The summed E-state index contributed by atoms with van der Waals surface area (Å²) in [5.74, 6) is -1.23. The van der Waals surface area contributed by atoms with E-state index >= 15 is 0 Å². The van der Waals surface area contributed by atoms with Crippen molar-refractivity contribution in [2.24, 2.45) is 4.99 Å². The average molecular weight is 327 g/mol. The highest BCUT2D eigenvalue weighted by Crippen LogP contribution is 2.36. The van der Waals surface area contributed by atoms with Crippen molar-refractivity contribution in [3.63, 3.8) is 0 Å². The number of carbonyl (C=O) groups excluding carboxylic acids is 1. The largest absolute Gasteiger partial charge is 0.494 e. The second kappa shape index (κ2) is 5.99. The first-order chi connectivity index (χ1) is 11.5. The minimum atomic E-state index is -0.828. The fourth-order valence-electron chi connectivity index (χ4n) is 2.37. The number of aromatic nitrogens is 2. The molecule has 8 nitrogen and oxygen atoms in total. The van der Waals surface area contributed by atoms with E-state index in [0.717, 1.165) is 0 Å². The Hall–Kier alpha value is -3.42. The van der Waals surface area contributed by atoms with Gasteiger partial charge in [-0.3, -0.25) is 14.8 Å². The maximum absolute atomic E-state index is 12.1. The number of para-hydroxylation sites is 1. The van der Waals surface area contributed by atoms with Gasteiger partial charge in [-0.05, 0) is 19.1 Å². The number of aromatic amines is 2. The van der Waals surface area contributed by atoms with E-state index in [0.29, 0.717) is 16.8 Å². The lowest BCUT2D eigenvalue weighted by Gasteiger charge is -2.05. The molecule has 3 rings (SSSR count). The van der Waals surface area contributed by atoms with Gasteiger partial charge in [0, 0.05) is 11.1 Å². The van der Waals surface area contributed by atoms with Crippen molar-refractivity contribution >= 4 is 29.0 Å². The number of benzene rings is 1. The normalized spacial score (nSPS) is 14.4. The van der Waals surface area contributed by atoms with Gasteiger partial charge in [0.15, 0.2) is 5.71 Å². The number of ether oxygens (including phenoxy) is 1. The molecule has 24 heavy (non-hydrogen) atoms. The van der Waals surface area contributed by atoms with E-state index < -0.39 is 23.1 Å². The smallest absolute Gasteiger partial charge is 0.357 e. The summed E-state index contributed by atoms with van der Waals surface area (Å²) < 4.78 is 4.99. The molecule has 0 saturated carbocycles. The van der Waals surface area contributed by atoms with E-state index in [2.05, 4.69) is 9.98 Å². The van der Waals surface area contributed by atoms with E-state index in [4.69, 9.17) is 4.74 Å². The number of hydrogen-bond acceptors (Lipinski definition) is 6. The van der Waals surface area contributed by atoms with E-state index in [1.807, 2.05) is 4.98 Å². The molecule has 1 aliphatic heterocycles. The van der Waals surface area contributed by atoms with Crippen molar-refractivity contribution in [1.29, 1.82) is 0 Å². The molecular formula is C16H13N3O5. The SMILES string of the molecule is CCOC(=O)C1=Nc2ccccc2/C1=C\c1c(O)[nH]c(=O)[nH]c1=O. The van der Waals surface area contributed by atoms with Gasteiger partial charge in [0.25, 0.3) is 5.56 Å². The van der Waals surface area contributed by atoms with Gasteiger partial charge in [-0.15, -0.1) is 0 Å². The van der Waals surface area contributed by atoms with E-state index in [1.54, 1.807) is 31.2 Å². The molecule has 0 amide bonds. The molecule has 2 heterocycles. The number of hydrogen-bond donors (Lipinski definition) is 3. The van der Waals surface area contributed by atoms with Gasteiger partial charge in [-0.1, -0.05) is 18.2 Å². The Labute approximate surface area is 135 Å². The number of nitrogens with zero attached hydrogens (tertiary/aromatic N) is 1. The molecule has 0 unspecified atom stereocenters. The van der Waals surface area contributed by atoms with Gasteiger partial charge in [0.05, 0.1) is 12.3 Å². The fourth-order valence-corrected chi connectivity index (χ4v) is 2.37. The van der Waals surface area contributed by atoms with E-state index in [9.17, 15) is 19.5 Å². The number of rotatable bonds is 3. The zero-order valence-corrected chi connectivity index (χ0v) is 12.6. The Balaban J connectivity index is 2.20. The molecule has 8 heteroatoms. The molecule has 1 aromatic heterocycles. The standard InChI is InChI=1S/C16H13N3O5/c1-2-24-15(22)12-9(8-5-3-4-6-11(8)17-12)7-10-13(20)18-16(23)19-14(10)21/h3-7H,2H2,1H3,(H3,18,19,20,21,23)/b9-7+. The van der Waals surface area contributed by atoms with Gasteiger partial charge in [0.1, 0.15) is 5.56 Å². The van der Waals surface area contributed by atoms with Crippen LogP contribution in [0.15, 0.2) is 38.8 Å². The third kappa shape index (κ3) is 2.65. The van der Waals surface area contributed by atoms with Gasteiger partial charge < -0.3 is 9.84 Å². The minimum absolute atomic E-state index is 0.0306. The molecule has 0 radical (unpaired) electrons. The Bertz CT molecular complexity index is 997. The van der Waals surface area contributed by atoms with Gasteiger partial charge in [-0.25, -0.2) is 14.6 Å². The Morgan fingerprint density at radius 3 is 2.75 bits per heavy atom. The molecule has 3 N–H and O–H groups in total. The van der Waals surface area contributed by atoms with Crippen molar-refractivity contribution < 1.29 is 14.6 Å². The minimum Gasteiger partial charge on any atom is -0.494 e. The van der Waals surface area contributed by atoms with Gasteiger partial charge >= 0.3 is 11.7 Å². The van der Waals surface area contributed by atoms with Crippen LogP contribution in [0.1, 0.15) is 18.1 Å². The van der Waals surface area contributed by atoms with Crippen LogP contribution in [0, 0.1) is 0 Å². The first-order valence-corrected chi connectivity index (χ1v) is 7.14. The number of fused-ring (bicyclic) bond motifs is 1. The summed E-state index contributed by atoms with van der Waals surface area (Å²) in [7, 11) is 0. The monoisotopic (exact) mass is 327 g/mol. The molecule has 1 aromatic carbocycles. The predicted octanol–water partition coefficient (Wildman–Crippen LogP) is 0.959. The molecule has 0 atom stereocenters. The predicted molar refractivity (Wildman–Crippen MR) is 87.4 cm³/mol. The fraction of sp³-hybridized carbons (Fsp3) is 0.125. The molecule has 1 aliphatic rings. The third-order valence-corrected chi connectivity index (χ3v) is 3.40. The van der Waals surface area contributed by atoms with Crippen LogP contribution in [-0.4, -0.2) is 33.4 Å². The Morgan fingerprint density at radius 1 is 1.29 bits per heavy atom. The van der Waals surface area contributed by atoms with E-state index in [1.165, 1.54) is 6.08 Å². The second-order valence-electron chi connectivity index (χ2n) is 4.93. The highest BCUT2D eigenvalue weighted by molar-refractivity contribution is 6.58. The summed E-state index contributed by atoms with van der Waals surface area (Å²) in [5, 5.41) is 9.83. The lowest BCUT2D eigenvalue weighted by Crippen LogP contribution is -2.24. The summed E-state index contributed by atoms with van der Waals surface area (Å²) in [4.78, 5) is 43.6. The molecule has 0 fully saturated rings. The summed E-state index contributed by atoms with van der Waals surface area (Å²) >= 11 is 0. The number of H-pyrrole nitrogens is 2. The first kappa shape index (κ1) is 15.5. The van der Waals surface area contributed by atoms with Crippen molar-refractivity contribution in [2.75, 3.05) is 6.61 Å². The number of esters is 1. The van der Waals surface area contributed by atoms with Crippen LogP contribution in [-0.2, 0) is 9.53 Å². The highest BCUT2D eigenvalue weighted by atomic mass is 16.5. The summed E-state index contributed by atoms with van der Waals surface area (Å²) in [6.07, 6.45) is 1.30. The topological polar surface area (TPSA) is 125 Å². The maximum Gasteiger partial charge on any atom is 0.357 e. The van der Waals surface area contributed by atoms with Crippen LogP contribution >= 0.6 is 0 Å². The van der Waals surface area contributed by atoms with Crippen LogP contribution < -0.4 is 11.2 Å². The average Bonchev–Trinajstić information content (AvgIpc) is 2.90. The lowest BCUT2D eigenvalue weighted by atomic mass is 10.0. The zero-order chi connectivity index (χ0) is 17.3. The first-order valence-electron chi connectivity index (χ1n) is 7.14. The van der Waals surface area contributed by atoms with Crippen molar-refractivity contribution in [2.45, 2.75) is 6.92 Å². The number of aliphatic imine (C=N–C) groups is 1. The summed E-state index contributed by atoms with van der Waals surface area (Å²) in [6, 6.07) is 6.96. The molecule has 0 aliphatic carbocycles. The Morgan fingerprint density at radius 2 is 2.04 bits per heavy atom. The van der Waals surface area contributed by atoms with Crippen molar-refractivity contribution in [3.05, 3.63) is 56.2 Å². The molecule has 0 spiro atoms. The van der Waals surface area contributed by atoms with Crippen LogP contribution in [0.3, 0.4) is 0 Å². The second-order valence-corrected chi connectivity index (χ2v) is 4.93. The molecule has 0 saturated heterocycles. The zero-order valence-electron chi connectivity index (χ0n) is 12.6. The number of aromatic hydroxyl groups is 1. The van der Waals surface area contributed by atoms with Crippen molar-refractivity contribution in [1.82, 2.24) is 9.97 Å². The summed E-state index contributed by atoms with van der Waals surface area (Å²) in [6.45, 7) is 1.84. The molecule has 2 aromatic rings. The Kier molecular flexibility index (Phi) is 3.87. The van der Waals surface area contributed by atoms with Gasteiger partial charge in [-0.2, -0.15) is 0 Å². The molecule has 0 bridgehead atoms. The van der Waals surface area contributed by atoms with E-state index in [-0.39, 0.29) is 17.9 Å². The molecule has 122 valence electrons. The van der Waals surface area contributed by atoms with Crippen LogP contribution in [0.2, 0.25) is 0 Å². The number of nitrogens with one attached hydrogen (secondary N) is 2.